The Balaban J connectivity index is 2.38. The number of aromatic nitrogens is 2. The summed E-state index contributed by atoms with van der Waals surface area (Å²) < 4.78 is 6.86. The van der Waals surface area contributed by atoms with Crippen molar-refractivity contribution in [1.82, 2.24) is 9.78 Å². The molecule has 5 nitrogen and oxygen atoms in total. The zero-order chi connectivity index (χ0) is 10.1. The Labute approximate surface area is 81.3 Å². The van der Waals surface area contributed by atoms with Crippen LogP contribution in [0.1, 0.15) is 28.4 Å². The minimum atomic E-state index is -0.917. The van der Waals surface area contributed by atoms with E-state index in [1.54, 1.807) is 11.7 Å². The van der Waals surface area contributed by atoms with Crippen molar-refractivity contribution >= 4 is 5.97 Å². The second-order valence-electron chi connectivity index (χ2n) is 3.43. The van der Waals surface area contributed by atoms with Crippen LogP contribution in [-0.4, -0.2) is 34.1 Å². The van der Waals surface area contributed by atoms with Gasteiger partial charge in [0.05, 0.1) is 18.5 Å². The summed E-state index contributed by atoms with van der Waals surface area (Å²) in [5.41, 5.74) is 1.07. The number of nitrogens with zero attached hydrogens (tertiary/aromatic N) is 2. The molecule has 76 valence electrons. The van der Waals surface area contributed by atoms with Gasteiger partial charge in [0, 0.05) is 19.6 Å². The van der Waals surface area contributed by atoms with Crippen LogP contribution in [-0.2, 0) is 11.8 Å². The van der Waals surface area contributed by atoms with E-state index in [0.717, 1.165) is 12.1 Å². The number of ether oxygens (including phenoxy) is 1. The van der Waals surface area contributed by atoms with E-state index in [0.29, 0.717) is 18.8 Å². The lowest BCUT2D eigenvalue weighted by molar-refractivity contribution is 0.0695. The normalized spacial score (nSPS) is 21.4. The van der Waals surface area contributed by atoms with Gasteiger partial charge in [-0.1, -0.05) is 0 Å². The highest BCUT2D eigenvalue weighted by molar-refractivity contribution is 5.88. The van der Waals surface area contributed by atoms with E-state index in [1.807, 2.05) is 0 Å². The number of carboxylic acid groups (broad SMARTS) is 1. The highest BCUT2D eigenvalue weighted by Gasteiger charge is 2.26. The number of hydrogen-bond donors (Lipinski definition) is 1. The Hall–Kier alpha value is -1.36. The predicted octanol–water partition coefficient (Wildman–Crippen LogP) is 0.622. The van der Waals surface area contributed by atoms with Crippen molar-refractivity contribution in [3.05, 3.63) is 17.5 Å². The van der Waals surface area contributed by atoms with Gasteiger partial charge >= 0.3 is 5.97 Å². The molecule has 1 saturated heterocycles. The van der Waals surface area contributed by atoms with Gasteiger partial charge in [-0.15, -0.1) is 0 Å². The highest BCUT2D eigenvalue weighted by atomic mass is 16.5. The average molecular weight is 196 g/mol. The second-order valence-corrected chi connectivity index (χ2v) is 3.43. The molecule has 1 aliphatic heterocycles. The lowest BCUT2D eigenvalue weighted by atomic mass is 10.0. The third-order valence-electron chi connectivity index (χ3n) is 2.53. The summed E-state index contributed by atoms with van der Waals surface area (Å²) >= 11 is 0. The molecule has 2 heterocycles. The van der Waals surface area contributed by atoms with Crippen LogP contribution in [0.25, 0.3) is 0 Å². The van der Waals surface area contributed by atoms with Crippen molar-refractivity contribution < 1.29 is 14.6 Å². The number of hydrogen-bond acceptors (Lipinski definition) is 3. The van der Waals surface area contributed by atoms with Gasteiger partial charge in [0.15, 0.2) is 0 Å². The molecule has 1 atom stereocenters. The van der Waals surface area contributed by atoms with Crippen LogP contribution < -0.4 is 0 Å². The molecular formula is C9H12N2O3. The quantitative estimate of drug-likeness (QED) is 0.753. The van der Waals surface area contributed by atoms with Gasteiger partial charge in [0.25, 0.3) is 0 Å². The van der Waals surface area contributed by atoms with Gasteiger partial charge in [-0.3, -0.25) is 4.68 Å². The molecule has 14 heavy (non-hydrogen) atoms. The summed E-state index contributed by atoms with van der Waals surface area (Å²) in [7, 11) is 1.76. The molecule has 0 amide bonds. The minimum absolute atomic E-state index is 0.175. The summed E-state index contributed by atoms with van der Waals surface area (Å²) in [4.78, 5) is 10.9. The fraction of sp³-hybridized carbons (Fsp3) is 0.556. The van der Waals surface area contributed by atoms with Crippen molar-refractivity contribution in [1.29, 1.82) is 0 Å². The Bertz CT molecular complexity index is 353. The maximum Gasteiger partial charge on any atom is 0.339 e. The third-order valence-corrected chi connectivity index (χ3v) is 2.53. The zero-order valence-corrected chi connectivity index (χ0v) is 7.93. The first kappa shape index (κ1) is 9.21. The van der Waals surface area contributed by atoms with Gasteiger partial charge < -0.3 is 9.84 Å². The molecule has 1 unspecified atom stereocenters. The lowest BCUT2D eigenvalue weighted by Gasteiger charge is -2.09. The van der Waals surface area contributed by atoms with E-state index < -0.39 is 5.97 Å². The standard InChI is InChI=1S/C9H12N2O3/c1-11-8(6-2-3-14-5-6)7(4-10-11)9(12)13/h4,6H,2-3,5H2,1H3,(H,12,13). The molecule has 1 aromatic heterocycles. The molecule has 0 aromatic carbocycles. The van der Waals surface area contributed by atoms with Crippen LogP contribution in [0.15, 0.2) is 6.20 Å². The minimum Gasteiger partial charge on any atom is -0.478 e. The number of aromatic carboxylic acids is 1. The number of carbonyl (C=O) groups is 1. The SMILES string of the molecule is Cn1ncc(C(=O)O)c1C1CCOC1. The van der Waals surface area contributed by atoms with E-state index in [4.69, 9.17) is 9.84 Å². The van der Waals surface area contributed by atoms with Crippen molar-refractivity contribution in [2.75, 3.05) is 13.2 Å². The maximum absolute atomic E-state index is 10.9. The molecule has 5 heteroatoms. The zero-order valence-electron chi connectivity index (χ0n) is 7.93. The third kappa shape index (κ3) is 1.39. The first-order valence-corrected chi connectivity index (χ1v) is 4.53. The molecule has 0 spiro atoms. The molecule has 1 aromatic rings. The summed E-state index contributed by atoms with van der Waals surface area (Å²) in [6, 6.07) is 0. The molecule has 1 N–H and O–H groups in total. The topological polar surface area (TPSA) is 64.4 Å². The van der Waals surface area contributed by atoms with Crippen molar-refractivity contribution in [2.24, 2.45) is 7.05 Å². The van der Waals surface area contributed by atoms with Crippen LogP contribution in [0, 0.1) is 0 Å². The smallest absolute Gasteiger partial charge is 0.339 e. The fourth-order valence-electron chi connectivity index (χ4n) is 1.85. The Morgan fingerprint density at radius 2 is 2.57 bits per heavy atom. The first-order valence-electron chi connectivity index (χ1n) is 4.53. The van der Waals surface area contributed by atoms with E-state index in [2.05, 4.69) is 5.10 Å². The van der Waals surface area contributed by atoms with E-state index >= 15 is 0 Å². The Morgan fingerprint density at radius 1 is 1.79 bits per heavy atom. The van der Waals surface area contributed by atoms with Crippen molar-refractivity contribution in [3.63, 3.8) is 0 Å². The Kier molecular flexibility index (Phi) is 2.25. The molecule has 2 rings (SSSR count). The largest absolute Gasteiger partial charge is 0.478 e. The summed E-state index contributed by atoms with van der Waals surface area (Å²) in [5, 5.41) is 12.9. The van der Waals surface area contributed by atoms with E-state index in [9.17, 15) is 4.79 Å². The van der Waals surface area contributed by atoms with E-state index in [1.165, 1.54) is 6.20 Å². The number of rotatable bonds is 2. The van der Waals surface area contributed by atoms with Crippen molar-refractivity contribution in [3.8, 4) is 0 Å². The summed E-state index contributed by atoms with van der Waals surface area (Å²) in [6.07, 6.45) is 2.27. The molecule has 0 radical (unpaired) electrons. The van der Waals surface area contributed by atoms with Gasteiger partial charge in [-0.2, -0.15) is 5.10 Å². The second kappa shape index (κ2) is 3.42. The van der Waals surface area contributed by atoms with Crippen molar-refractivity contribution in [2.45, 2.75) is 12.3 Å². The first-order chi connectivity index (χ1) is 6.70. The average Bonchev–Trinajstić information content (AvgIpc) is 2.71. The van der Waals surface area contributed by atoms with Gasteiger partial charge in [0.1, 0.15) is 5.56 Å². The highest BCUT2D eigenvalue weighted by Crippen LogP contribution is 2.27. The predicted molar refractivity (Wildman–Crippen MR) is 48.3 cm³/mol. The number of carboxylic acids is 1. The molecule has 0 saturated carbocycles. The van der Waals surface area contributed by atoms with Crippen LogP contribution in [0.2, 0.25) is 0 Å². The molecule has 1 aliphatic rings. The monoisotopic (exact) mass is 196 g/mol. The maximum atomic E-state index is 10.9. The van der Waals surface area contributed by atoms with Crippen LogP contribution >= 0.6 is 0 Å². The van der Waals surface area contributed by atoms with Crippen LogP contribution in [0.3, 0.4) is 0 Å². The summed E-state index contributed by atoms with van der Waals surface area (Å²) in [6.45, 7) is 1.30. The molecule has 1 fully saturated rings. The fourth-order valence-corrected chi connectivity index (χ4v) is 1.85. The number of aryl methyl sites for hydroxylation is 1. The molecule has 0 bridgehead atoms. The van der Waals surface area contributed by atoms with Gasteiger partial charge in [-0.05, 0) is 6.42 Å². The van der Waals surface area contributed by atoms with Gasteiger partial charge in [0.2, 0.25) is 0 Å². The molecular weight excluding hydrogens is 184 g/mol. The van der Waals surface area contributed by atoms with Gasteiger partial charge in [-0.25, -0.2) is 4.79 Å². The Morgan fingerprint density at radius 3 is 3.14 bits per heavy atom. The summed E-state index contributed by atoms with van der Waals surface area (Å²) in [5.74, 6) is -0.742. The van der Waals surface area contributed by atoms with Crippen LogP contribution in [0.4, 0.5) is 0 Å². The van der Waals surface area contributed by atoms with E-state index in [-0.39, 0.29) is 5.92 Å². The lowest BCUT2D eigenvalue weighted by Crippen LogP contribution is -2.10. The van der Waals surface area contributed by atoms with Crippen LogP contribution in [0.5, 0.6) is 0 Å². The molecule has 0 aliphatic carbocycles.